The predicted molar refractivity (Wildman–Crippen MR) is 122 cm³/mol. The lowest BCUT2D eigenvalue weighted by Crippen LogP contribution is -2.48. The number of aromatic nitrogens is 4. The van der Waals surface area contributed by atoms with Crippen molar-refractivity contribution in [1.82, 2.24) is 20.0 Å². The summed E-state index contributed by atoms with van der Waals surface area (Å²) in [5, 5.41) is 13.4. The van der Waals surface area contributed by atoms with Crippen LogP contribution in [0, 0.1) is 0 Å². The number of aromatic amines is 1. The maximum Gasteiger partial charge on any atom is 0.224 e. The van der Waals surface area contributed by atoms with Crippen molar-refractivity contribution in [1.29, 1.82) is 0 Å². The Morgan fingerprint density at radius 3 is 2.74 bits per heavy atom. The lowest BCUT2D eigenvalue weighted by molar-refractivity contribution is -0.117. The monoisotopic (exact) mass is 412 g/mol. The Morgan fingerprint density at radius 2 is 1.94 bits per heavy atom. The molecule has 2 aromatic carbocycles. The smallest absolute Gasteiger partial charge is 0.224 e. The lowest BCUT2D eigenvalue weighted by Gasteiger charge is -2.41. The van der Waals surface area contributed by atoms with Crippen LogP contribution in [0.15, 0.2) is 54.9 Å². The summed E-state index contributed by atoms with van der Waals surface area (Å²) in [6, 6.07) is 15.0. The number of hydrogen-bond donors (Lipinski definition) is 1. The molecule has 7 nitrogen and oxygen atoms in total. The van der Waals surface area contributed by atoms with Crippen LogP contribution < -0.4 is 9.80 Å². The number of hydrogen-bond acceptors (Lipinski definition) is 4. The molecule has 1 unspecified atom stereocenters. The molecule has 2 aromatic heterocycles. The van der Waals surface area contributed by atoms with Gasteiger partial charge in [0.1, 0.15) is 0 Å². The molecule has 1 saturated carbocycles. The number of rotatable bonds is 3. The molecule has 7 heteroatoms. The molecule has 0 spiro atoms. The largest absolute Gasteiger partial charge is 0.320 e. The quantitative estimate of drug-likeness (QED) is 0.532. The van der Waals surface area contributed by atoms with E-state index in [0.717, 1.165) is 39.2 Å². The highest BCUT2D eigenvalue weighted by Crippen LogP contribution is 2.43. The highest BCUT2D eigenvalue weighted by atomic mass is 16.2. The van der Waals surface area contributed by atoms with Crippen LogP contribution in [0.3, 0.4) is 0 Å². The molecule has 31 heavy (non-hydrogen) atoms. The third kappa shape index (κ3) is 2.91. The van der Waals surface area contributed by atoms with Crippen molar-refractivity contribution in [3.05, 3.63) is 54.9 Å². The first-order valence-corrected chi connectivity index (χ1v) is 10.8. The van der Waals surface area contributed by atoms with Gasteiger partial charge in [0, 0.05) is 30.6 Å². The van der Waals surface area contributed by atoms with Gasteiger partial charge in [-0.15, -0.1) is 0 Å². The first-order chi connectivity index (χ1) is 15.1. The number of nitrogens with one attached hydrogen (secondary N) is 1. The van der Waals surface area contributed by atoms with Crippen molar-refractivity contribution in [2.75, 3.05) is 16.3 Å². The predicted octanol–water partition coefficient (Wildman–Crippen LogP) is 4.65. The van der Waals surface area contributed by atoms with Crippen molar-refractivity contribution in [3.63, 3.8) is 0 Å². The number of para-hydroxylation sites is 1. The summed E-state index contributed by atoms with van der Waals surface area (Å²) in [5.41, 5.74) is 5.09. The molecule has 1 fully saturated rings. The van der Waals surface area contributed by atoms with Gasteiger partial charge in [-0.25, -0.2) is 0 Å². The van der Waals surface area contributed by atoms with Gasteiger partial charge in [0.2, 0.25) is 5.91 Å². The van der Waals surface area contributed by atoms with Gasteiger partial charge in [-0.1, -0.05) is 18.2 Å². The highest BCUT2D eigenvalue weighted by molar-refractivity contribution is 6.01. The second-order valence-electron chi connectivity index (χ2n) is 8.59. The summed E-state index contributed by atoms with van der Waals surface area (Å²) in [4.78, 5) is 16.6. The molecule has 1 aliphatic carbocycles. The molecular formula is C24H24N6O. The van der Waals surface area contributed by atoms with Gasteiger partial charge in [0.25, 0.3) is 0 Å². The topological polar surface area (TPSA) is 70.1 Å². The zero-order chi connectivity index (χ0) is 21.1. The van der Waals surface area contributed by atoms with Gasteiger partial charge in [0.05, 0.1) is 35.2 Å². The van der Waals surface area contributed by atoms with Crippen LogP contribution in [0.4, 0.5) is 17.2 Å². The molecule has 2 aliphatic rings. The van der Waals surface area contributed by atoms with E-state index in [0.29, 0.717) is 12.6 Å². The van der Waals surface area contributed by atoms with Gasteiger partial charge in [0.15, 0.2) is 5.82 Å². The number of anilines is 3. The van der Waals surface area contributed by atoms with Crippen LogP contribution in [-0.4, -0.2) is 38.5 Å². The van der Waals surface area contributed by atoms with Crippen molar-refractivity contribution in [2.24, 2.45) is 0 Å². The zero-order valence-electron chi connectivity index (χ0n) is 17.6. The molecule has 3 heterocycles. The number of nitrogens with zero attached hydrogens (tertiary/aromatic N) is 5. The Bertz CT molecular complexity index is 1300. The number of amides is 1. The van der Waals surface area contributed by atoms with E-state index < -0.39 is 0 Å². The van der Waals surface area contributed by atoms with E-state index in [1.165, 1.54) is 12.8 Å². The average molecular weight is 412 g/mol. The molecule has 6 rings (SSSR count). The number of fused-ring (bicyclic) bond motifs is 2. The fraction of sp³-hybridized carbons (Fsp3) is 0.292. The van der Waals surface area contributed by atoms with Crippen molar-refractivity contribution in [2.45, 2.75) is 38.8 Å². The lowest BCUT2D eigenvalue weighted by atomic mass is 10.0. The summed E-state index contributed by atoms with van der Waals surface area (Å²) in [5.74, 6) is 0.937. The second-order valence-corrected chi connectivity index (χ2v) is 8.59. The summed E-state index contributed by atoms with van der Waals surface area (Å²) in [6.07, 6.45) is 6.47. The number of carbonyl (C=O) groups is 1. The Balaban J connectivity index is 1.50. The van der Waals surface area contributed by atoms with E-state index in [1.807, 2.05) is 29.3 Å². The fourth-order valence-corrected chi connectivity index (χ4v) is 4.67. The van der Waals surface area contributed by atoms with E-state index in [4.69, 9.17) is 0 Å². The van der Waals surface area contributed by atoms with Crippen LogP contribution in [-0.2, 0) is 4.79 Å². The van der Waals surface area contributed by atoms with E-state index in [1.54, 1.807) is 6.92 Å². The Labute approximate surface area is 180 Å². The fourth-order valence-electron chi connectivity index (χ4n) is 4.67. The van der Waals surface area contributed by atoms with Gasteiger partial charge in [-0.3, -0.25) is 14.6 Å². The first kappa shape index (κ1) is 18.2. The molecule has 0 saturated heterocycles. The molecule has 1 aliphatic heterocycles. The maximum atomic E-state index is 12.5. The Morgan fingerprint density at radius 1 is 1.10 bits per heavy atom. The van der Waals surface area contributed by atoms with Crippen molar-refractivity contribution in [3.8, 4) is 11.1 Å². The summed E-state index contributed by atoms with van der Waals surface area (Å²) in [6.45, 7) is 4.39. The maximum absolute atomic E-state index is 12.5. The van der Waals surface area contributed by atoms with Gasteiger partial charge in [-0.05, 0) is 49.6 Å². The van der Waals surface area contributed by atoms with E-state index in [2.05, 4.69) is 62.3 Å². The minimum Gasteiger partial charge on any atom is -0.320 e. The molecule has 1 N–H and O–H groups in total. The Kier molecular flexibility index (Phi) is 3.93. The number of benzene rings is 2. The minimum absolute atomic E-state index is 0.0314. The molecule has 156 valence electrons. The molecule has 1 amide bonds. The summed E-state index contributed by atoms with van der Waals surface area (Å²) < 4.78 is 2.07. The van der Waals surface area contributed by atoms with Crippen LogP contribution in [0.2, 0.25) is 0 Å². The van der Waals surface area contributed by atoms with E-state index in [9.17, 15) is 4.79 Å². The molecule has 1 atom stereocenters. The normalized spacial score (nSPS) is 18.5. The van der Waals surface area contributed by atoms with Crippen molar-refractivity contribution < 1.29 is 4.79 Å². The standard InChI is InChI=1S/C24H24N6O/c1-15-13-28(24-20-5-3-4-6-21(20)26-27-24)23-11-17(7-10-22(23)30(15)16(2)31)18-12-25-29(14-18)19-8-9-19/h3-7,10-12,14-15,19H,8-9,13H2,1-2H3,(H,26,27). The van der Waals surface area contributed by atoms with Crippen molar-refractivity contribution >= 4 is 34.0 Å². The van der Waals surface area contributed by atoms with Crippen LogP contribution >= 0.6 is 0 Å². The van der Waals surface area contributed by atoms with E-state index in [-0.39, 0.29) is 11.9 Å². The highest BCUT2D eigenvalue weighted by Gasteiger charge is 2.33. The van der Waals surface area contributed by atoms with Gasteiger partial charge < -0.3 is 9.80 Å². The van der Waals surface area contributed by atoms with Crippen LogP contribution in [0.1, 0.15) is 32.7 Å². The third-order valence-electron chi connectivity index (χ3n) is 6.31. The van der Waals surface area contributed by atoms with Crippen LogP contribution in [0.5, 0.6) is 0 Å². The molecule has 4 aromatic rings. The average Bonchev–Trinajstić information content (AvgIpc) is 3.34. The molecule has 0 radical (unpaired) electrons. The Hall–Kier alpha value is -3.61. The summed E-state index contributed by atoms with van der Waals surface area (Å²) >= 11 is 0. The zero-order valence-corrected chi connectivity index (χ0v) is 17.6. The third-order valence-corrected chi connectivity index (χ3v) is 6.31. The first-order valence-electron chi connectivity index (χ1n) is 10.8. The van der Waals surface area contributed by atoms with Gasteiger partial charge in [-0.2, -0.15) is 10.2 Å². The molecule has 0 bridgehead atoms. The van der Waals surface area contributed by atoms with E-state index >= 15 is 0 Å². The SMILES string of the molecule is CC(=O)N1c2ccc(-c3cnn(C4CC4)c3)cc2N(c2n[nH]c3ccccc23)CC1C. The second kappa shape index (κ2) is 6.70. The van der Waals surface area contributed by atoms with Crippen LogP contribution in [0.25, 0.3) is 22.0 Å². The number of carbonyl (C=O) groups excluding carboxylic acids is 1. The number of H-pyrrole nitrogens is 1. The molecular weight excluding hydrogens is 388 g/mol. The minimum atomic E-state index is 0.0314. The van der Waals surface area contributed by atoms with Gasteiger partial charge >= 0.3 is 0 Å². The summed E-state index contributed by atoms with van der Waals surface area (Å²) in [7, 11) is 0.